The van der Waals surface area contributed by atoms with Crippen molar-refractivity contribution in [3.05, 3.63) is 178 Å². The van der Waals surface area contributed by atoms with Crippen LogP contribution in [-0.2, 0) is 58.9 Å². The van der Waals surface area contributed by atoms with Crippen LogP contribution in [0, 0.1) is 20.8 Å². The van der Waals surface area contributed by atoms with Crippen LogP contribution in [0.3, 0.4) is 0 Å². The molecule has 0 saturated heterocycles. The first-order valence-corrected chi connectivity index (χ1v) is 20.0. The van der Waals surface area contributed by atoms with Crippen LogP contribution in [0.15, 0.2) is 110 Å². The number of hydrogen-bond donors (Lipinski definition) is 0. The van der Waals surface area contributed by atoms with Crippen molar-refractivity contribution in [1.82, 2.24) is 94.9 Å². The molecule has 19 nitrogen and oxygen atoms in total. The lowest BCUT2D eigenvalue weighted by Gasteiger charge is -2.18. The molecule has 61 heavy (non-hydrogen) atoms. The predicted octanol–water partition coefficient (Wildman–Crippen LogP) is 3.65. The first-order valence-electron chi connectivity index (χ1n) is 20.0. The van der Waals surface area contributed by atoms with E-state index in [2.05, 4.69) is 140 Å². The van der Waals surface area contributed by atoms with Gasteiger partial charge in [0.1, 0.15) is 0 Å². The van der Waals surface area contributed by atoms with E-state index < -0.39 is 0 Å². The topological polar surface area (TPSA) is 188 Å². The predicted molar refractivity (Wildman–Crippen MR) is 221 cm³/mol. The lowest BCUT2D eigenvalue weighted by atomic mass is 10.1. The van der Waals surface area contributed by atoms with E-state index in [9.17, 15) is 0 Å². The van der Waals surface area contributed by atoms with Crippen LogP contribution >= 0.6 is 0 Å². The molecule has 0 atom stereocenters. The highest BCUT2D eigenvalue weighted by Gasteiger charge is 2.16. The number of nitrogens with zero attached hydrogens (tertiary/aromatic N) is 19. The summed E-state index contributed by atoms with van der Waals surface area (Å²) in [5, 5.41) is 52.1. The second kappa shape index (κ2) is 17.8. The van der Waals surface area contributed by atoms with E-state index in [0.717, 1.165) is 67.5 Å². The second-order valence-electron chi connectivity index (χ2n) is 15.5. The van der Waals surface area contributed by atoms with Crippen molar-refractivity contribution in [1.29, 1.82) is 0 Å². The molecule has 0 bridgehead atoms. The highest BCUT2D eigenvalue weighted by Crippen LogP contribution is 2.15. The average Bonchev–Trinajstić information content (AvgIpc) is 4.12. The smallest absolute Gasteiger partial charge is 0.0967 e. The van der Waals surface area contributed by atoms with Crippen LogP contribution < -0.4 is 0 Å². The van der Waals surface area contributed by atoms with Crippen molar-refractivity contribution >= 4 is 0 Å². The SMILES string of the molecule is Cc1cn(Cc2cccc(Cn3cc(CN(Cc4cn(Cc5cccc(Cn6cc(C)nn6)c5)nn4)Cc4cn(Cc5cccc(Cn6cc(C)nn6)c5)nn4)nn3)c2)nn1. The Morgan fingerprint density at radius 3 is 0.836 bits per heavy atom. The molecular weight excluding hydrogens is 771 g/mol. The minimum atomic E-state index is 0.513. The molecule has 0 aliphatic rings. The summed E-state index contributed by atoms with van der Waals surface area (Å²) in [5.74, 6) is 0. The third-order valence-corrected chi connectivity index (χ3v) is 9.92. The molecule has 0 fully saturated rings. The van der Waals surface area contributed by atoms with Crippen molar-refractivity contribution in [3.63, 3.8) is 0 Å². The minimum absolute atomic E-state index is 0.513. The number of hydrogen-bond acceptors (Lipinski definition) is 13. The molecule has 0 spiro atoms. The summed E-state index contributed by atoms with van der Waals surface area (Å²) in [6, 6.07) is 25.2. The van der Waals surface area contributed by atoms with E-state index in [1.165, 1.54) is 0 Å². The van der Waals surface area contributed by atoms with Gasteiger partial charge in [0.25, 0.3) is 0 Å². The van der Waals surface area contributed by atoms with Gasteiger partial charge < -0.3 is 0 Å². The molecule has 0 amide bonds. The van der Waals surface area contributed by atoms with Gasteiger partial charge in [-0.2, -0.15) is 0 Å². The average molecular weight is 816 g/mol. The quantitative estimate of drug-likeness (QED) is 0.122. The Labute approximate surface area is 351 Å². The summed E-state index contributed by atoms with van der Waals surface area (Å²) in [7, 11) is 0. The molecule has 0 saturated carbocycles. The standard InChI is InChI=1S/C42H45N19/c1-31-16-56(49-43-31)19-34-7-4-10-37(13-34)22-59-28-40(46-52-59)25-55(26-41-29-60(53-47-41)23-38-11-5-8-35(14-38)20-57-17-32(2)44-50-57)27-42-30-61(54-48-42)24-39-12-6-9-36(15-39)21-58-18-33(3)45-51-58/h4-18,28-30H,19-27H2,1-3H3. The van der Waals surface area contributed by atoms with Gasteiger partial charge >= 0.3 is 0 Å². The number of rotatable bonds is 18. The summed E-state index contributed by atoms with van der Waals surface area (Å²) < 4.78 is 11.1. The van der Waals surface area contributed by atoms with E-state index in [4.69, 9.17) is 0 Å². The van der Waals surface area contributed by atoms with Crippen molar-refractivity contribution in [2.45, 2.75) is 79.7 Å². The molecule has 0 N–H and O–H groups in total. The normalized spacial score (nSPS) is 11.6. The van der Waals surface area contributed by atoms with Crippen LogP contribution in [0.5, 0.6) is 0 Å². The fourth-order valence-electron chi connectivity index (χ4n) is 7.34. The number of aromatic nitrogens is 18. The Hall–Kier alpha value is -7.54. The molecular formula is C42H45N19. The summed E-state index contributed by atoms with van der Waals surface area (Å²) in [5.41, 5.74) is 11.9. The van der Waals surface area contributed by atoms with Gasteiger partial charge in [-0.1, -0.05) is 104 Å². The maximum absolute atomic E-state index is 4.58. The van der Waals surface area contributed by atoms with Gasteiger partial charge in [0, 0.05) is 38.2 Å². The van der Waals surface area contributed by atoms with Crippen molar-refractivity contribution < 1.29 is 0 Å². The third-order valence-electron chi connectivity index (χ3n) is 9.92. The zero-order valence-electron chi connectivity index (χ0n) is 34.3. The van der Waals surface area contributed by atoms with E-state index in [-0.39, 0.29) is 0 Å². The van der Waals surface area contributed by atoms with Crippen molar-refractivity contribution in [3.8, 4) is 0 Å². The zero-order chi connectivity index (χ0) is 41.5. The van der Waals surface area contributed by atoms with Gasteiger partial charge in [0.05, 0.1) is 92.0 Å². The van der Waals surface area contributed by atoms with Crippen LogP contribution in [-0.4, -0.2) is 94.9 Å². The number of aryl methyl sites for hydroxylation is 3. The molecule has 0 radical (unpaired) electrons. The van der Waals surface area contributed by atoms with E-state index in [1.807, 2.05) is 86.0 Å². The summed E-state index contributed by atoms with van der Waals surface area (Å²) >= 11 is 0. The first kappa shape index (κ1) is 38.9. The molecule has 308 valence electrons. The van der Waals surface area contributed by atoms with E-state index >= 15 is 0 Å². The molecule has 6 heterocycles. The van der Waals surface area contributed by atoms with Crippen LogP contribution in [0.4, 0.5) is 0 Å². The minimum Gasteiger partial charge on any atom is -0.285 e. The van der Waals surface area contributed by atoms with Crippen molar-refractivity contribution in [2.75, 3.05) is 0 Å². The van der Waals surface area contributed by atoms with Gasteiger partial charge in [-0.3, -0.25) is 4.90 Å². The molecule has 0 aliphatic carbocycles. The van der Waals surface area contributed by atoms with Gasteiger partial charge in [-0.15, -0.1) is 30.6 Å². The molecule has 0 aliphatic heterocycles. The van der Waals surface area contributed by atoms with Crippen molar-refractivity contribution in [2.24, 2.45) is 0 Å². The molecule has 9 aromatic rings. The van der Waals surface area contributed by atoms with E-state index in [0.29, 0.717) is 58.9 Å². The molecule has 3 aromatic carbocycles. The molecule has 19 heteroatoms. The maximum Gasteiger partial charge on any atom is 0.0967 e. The first-order chi connectivity index (χ1) is 29.8. The fourth-order valence-corrected chi connectivity index (χ4v) is 7.34. The van der Waals surface area contributed by atoms with Crippen LogP contribution in [0.1, 0.15) is 67.5 Å². The van der Waals surface area contributed by atoms with Gasteiger partial charge in [0.15, 0.2) is 0 Å². The molecule has 6 aromatic heterocycles. The Balaban J connectivity index is 0.886. The third kappa shape index (κ3) is 10.6. The summed E-state index contributed by atoms with van der Waals surface area (Å²) in [4.78, 5) is 2.24. The lowest BCUT2D eigenvalue weighted by Crippen LogP contribution is -2.23. The Kier molecular flexibility index (Phi) is 11.3. The Morgan fingerprint density at radius 2 is 0.590 bits per heavy atom. The fraction of sp³-hybridized carbons (Fsp3) is 0.286. The monoisotopic (exact) mass is 815 g/mol. The van der Waals surface area contributed by atoms with Crippen LogP contribution in [0.25, 0.3) is 0 Å². The Morgan fingerprint density at radius 1 is 0.344 bits per heavy atom. The lowest BCUT2D eigenvalue weighted by molar-refractivity contribution is 0.238. The summed E-state index contributed by atoms with van der Waals surface area (Å²) in [6.07, 6.45) is 11.8. The zero-order valence-corrected chi connectivity index (χ0v) is 34.3. The Bertz CT molecular complexity index is 2530. The highest BCUT2D eigenvalue weighted by molar-refractivity contribution is 5.26. The van der Waals surface area contributed by atoms with Crippen LogP contribution in [0.2, 0.25) is 0 Å². The van der Waals surface area contributed by atoms with Gasteiger partial charge in [-0.05, 0) is 54.2 Å². The van der Waals surface area contributed by atoms with Gasteiger partial charge in [-0.25, -0.2) is 28.1 Å². The summed E-state index contributed by atoms with van der Waals surface area (Å²) in [6.45, 7) is 11.0. The maximum atomic E-state index is 4.58. The second-order valence-corrected chi connectivity index (χ2v) is 15.5. The number of benzene rings is 3. The van der Waals surface area contributed by atoms with Gasteiger partial charge in [0.2, 0.25) is 0 Å². The highest BCUT2D eigenvalue weighted by atomic mass is 15.5. The molecule has 0 unspecified atom stereocenters. The van der Waals surface area contributed by atoms with E-state index in [1.54, 1.807) is 0 Å². The largest absolute Gasteiger partial charge is 0.285 e. The molecule has 9 rings (SSSR count).